The smallest absolute Gasteiger partial charge is 0.233 e. The molecule has 3 rings (SSSR count). The number of hydrogen-bond acceptors (Lipinski definition) is 3. The number of piperazine rings is 1. The number of carbonyl (C=O) groups is 1. The number of nitrogens with one attached hydrogen (secondary N) is 1. The Labute approximate surface area is 145 Å². The molecule has 2 N–H and O–H groups in total. The minimum atomic E-state index is -0.909. The maximum absolute atomic E-state index is 13.4. The molecule has 4 heteroatoms. The predicted octanol–water partition coefficient (Wildman–Crippen LogP) is 2.67. The van der Waals surface area contributed by atoms with Crippen LogP contribution < -0.4 is 5.32 Å². The standard InChI is InChI=1S/C20H30N2O2/c1-15-13-22(14-16(2)21-15)19(23)18(17-9-5-3-6-10-17)20(24)11-7-4-8-12-20/h3,5-6,9-10,15-16,18,21,24H,4,7-8,11-14H2,1-2H3. The molecule has 24 heavy (non-hydrogen) atoms. The van der Waals surface area contributed by atoms with E-state index in [0.717, 1.165) is 37.7 Å². The lowest BCUT2D eigenvalue weighted by Crippen LogP contribution is -2.58. The number of aliphatic hydroxyl groups is 1. The fourth-order valence-corrected chi connectivity index (χ4v) is 4.47. The average Bonchev–Trinajstić information content (AvgIpc) is 2.55. The number of hydrogen-bond donors (Lipinski definition) is 2. The van der Waals surface area contributed by atoms with Crippen molar-refractivity contribution < 1.29 is 9.90 Å². The molecule has 4 nitrogen and oxygen atoms in total. The van der Waals surface area contributed by atoms with Crippen LogP contribution in [0.3, 0.4) is 0 Å². The van der Waals surface area contributed by atoms with Gasteiger partial charge in [-0.15, -0.1) is 0 Å². The van der Waals surface area contributed by atoms with Gasteiger partial charge in [0.2, 0.25) is 5.91 Å². The van der Waals surface area contributed by atoms with Gasteiger partial charge in [-0.2, -0.15) is 0 Å². The number of carbonyl (C=O) groups excluding carboxylic acids is 1. The third-order valence-electron chi connectivity index (χ3n) is 5.51. The lowest BCUT2D eigenvalue weighted by Gasteiger charge is -2.43. The van der Waals surface area contributed by atoms with Crippen molar-refractivity contribution >= 4 is 5.91 Å². The van der Waals surface area contributed by atoms with Crippen LogP contribution in [-0.2, 0) is 4.79 Å². The van der Waals surface area contributed by atoms with Crippen LogP contribution in [0.2, 0.25) is 0 Å². The molecule has 2 aliphatic rings. The van der Waals surface area contributed by atoms with Crippen molar-refractivity contribution in [2.24, 2.45) is 0 Å². The zero-order chi connectivity index (χ0) is 17.2. The highest BCUT2D eigenvalue weighted by Gasteiger charge is 2.45. The first-order valence-electron chi connectivity index (χ1n) is 9.32. The summed E-state index contributed by atoms with van der Waals surface area (Å²) in [6.45, 7) is 5.65. The van der Waals surface area contributed by atoms with Gasteiger partial charge in [-0.3, -0.25) is 4.79 Å². The molecule has 1 amide bonds. The molecule has 1 aromatic carbocycles. The minimum Gasteiger partial charge on any atom is -0.389 e. The van der Waals surface area contributed by atoms with E-state index in [1.54, 1.807) is 0 Å². The Morgan fingerprint density at radius 3 is 2.29 bits per heavy atom. The van der Waals surface area contributed by atoms with Crippen molar-refractivity contribution in [3.8, 4) is 0 Å². The van der Waals surface area contributed by atoms with Gasteiger partial charge in [0.05, 0.1) is 11.5 Å². The lowest BCUT2D eigenvalue weighted by atomic mass is 9.72. The van der Waals surface area contributed by atoms with Gasteiger partial charge in [0.1, 0.15) is 0 Å². The summed E-state index contributed by atoms with van der Waals surface area (Å²) in [6, 6.07) is 10.4. The summed E-state index contributed by atoms with van der Waals surface area (Å²) in [5.74, 6) is -0.359. The van der Waals surface area contributed by atoms with Crippen molar-refractivity contribution in [1.29, 1.82) is 0 Å². The fourth-order valence-electron chi connectivity index (χ4n) is 4.47. The van der Waals surface area contributed by atoms with Gasteiger partial charge in [0, 0.05) is 25.2 Å². The molecule has 1 saturated heterocycles. The maximum atomic E-state index is 13.4. The molecule has 3 atom stereocenters. The largest absolute Gasteiger partial charge is 0.389 e. The van der Waals surface area contributed by atoms with Crippen LogP contribution in [0.5, 0.6) is 0 Å². The number of nitrogens with zero attached hydrogens (tertiary/aromatic N) is 1. The van der Waals surface area contributed by atoms with E-state index in [1.807, 2.05) is 35.2 Å². The van der Waals surface area contributed by atoms with Crippen LogP contribution in [-0.4, -0.2) is 46.7 Å². The van der Waals surface area contributed by atoms with Crippen LogP contribution in [0.4, 0.5) is 0 Å². The molecule has 3 unspecified atom stereocenters. The molecular weight excluding hydrogens is 300 g/mol. The molecule has 1 heterocycles. The van der Waals surface area contributed by atoms with Crippen LogP contribution >= 0.6 is 0 Å². The molecule has 0 radical (unpaired) electrons. The van der Waals surface area contributed by atoms with E-state index in [9.17, 15) is 9.90 Å². The second-order valence-electron chi connectivity index (χ2n) is 7.72. The van der Waals surface area contributed by atoms with Gasteiger partial charge in [-0.05, 0) is 32.3 Å². The van der Waals surface area contributed by atoms with E-state index in [4.69, 9.17) is 0 Å². The Morgan fingerprint density at radius 2 is 1.71 bits per heavy atom. The predicted molar refractivity (Wildman–Crippen MR) is 95.9 cm³/mol. The van der Waals surface area contributed by atoms with Gasteiger partial charge in [-0.25, -0.2) is 0 Å². The Bertz CT molecular complexity index is 544. The van der Waals surface area contributed by atoms with E-state index in [-0.39, 0.29) is 18.0 Å². The highest BCUT2D eigenvalue weighted by atomic mass is 16.3. The Balaban J connectivity index is 1.91. The van der Waals surface area contributed by atoms with Crippen LogP contribution in [0, 0.1) is 0 Å². The number of rotatable bonds is 3. The van der Waals surface area contributed by atoms with Crippen molar-refractivity contribution in [3.05, 3.63) is 35.9 Å². The van der Waals surface area contributed by atoms with Crippen molar-refractivity contribution in [1.82, 2.24) is 10.2 Å². The van der Waals surface area contributed by atoms with Crippen molar-refractivity contribution in [2.75, 3.05) is 13.1 Å². The summed E-state index contributed by atoms with van der Waals surface area (Å²) in [5.41, 5.74) is 0.0411. The molecule has 2 fully saturated rings. The summed E-state index contributed by atoms with van der Waals surface area (Å²) < 4.78 is 0. The Morgan fingerprint density at radius 1 is 1.12 bits per heavy atom. The van der Waals surface area contributed by atoms with Crippen LogP contribution in [0.15, 0.2) is 30.3 Å². The maximum Gasteiger partial charge on any atom is 0.233 e. The van der Waals surface area contributed by atoms with Gasteiger partial charge in [0.25, 0.3) is 0 Å². The Hall–Kier alpha value is -1.39. The van der Waals surface area contributed by atoms with E-state index < -0.39 is 11.5 Å². The van der Waals surface area contributed by atoms with E-state index in [0.29, 0.717) is 13.1 Å². The SMILES string of the molecule is CC1CN(C(=O)C(c2ccccc2)C2(O)CCCCC2)CC(C)N1. The monoisotopic (exact) mass is 330 g/mol. The summed E-state index contributed by atoms with van der Waals surface area (Å²) in [7, 11) is 0. The van der Waals surface area contributed by atoms with Gasteiger partial charge in [-0.1, -0.05) is 49.6 Å². The number of amides is 1. The molecule has 1 saturated carbocycles. The van der Waals surface area contributed by atoms with Crippen molar-refractivity contribution in [2.45, 2.75) is 69.6 Å². The molecule has 132 valence electrons. The van der Waals surface area contributed by atoms with E-state index in [1.165, 1.54) is 0 Å². The zero-order valence-corrected chi connectivity index (χ0v) is 14.9. The highest BCUT2D eigenvalue weighted by molar-refractivity contribution is 5.85. The zero-order valence-electron chi connectivity index (χ0n) is 14.9. The van der Waals surface area contributed by atoms with Crippen molar-refractivity contribution in [3.63, 3.8) is 0 Å². The van der Waals surface area contributed by atoms with E-state index in [2.05, 4.69) is 19.2 Å². The molecule has 0 bridgehead atoms. The summed E-state index contributed by atoms with van der Waals surface area (Å²) in [5, 5.41) is 14.8. The fraction of sp³-hybridized carbons (Fsp3) is 0.650. The molecule has 0 aromatic heterocycles. The normalized spacial score (nSPS) is 28.4. The first-order chi connectivity index (χ1) is 11.5. The van der Waals surface area contributed by atoms with Crippen LogP contribution in [0.25, 0.3) is 0 Å². The third kappa shape index (κ3) is 3.65. The first kappa shape index (κ1) is 17.4. The molecule has 1 aliphatic heterocycles. The third-order valence-corrected chi connectivity index (χ3v) is 5.51. The second-order valence-corrected chi connectivity index (χ2v) is 7.72. The van der Waals surface area contributed by atoms with E-state index >= 15 is 0 Å². The summed E-state index contributed by atoms with van der Waals surface area (Å²) >= 11 is 0. The summed E-state index contributed by atoms with van der Waals surface area (Å²) in [6.07, 6.45) is 4.59. The topological polar surface area (TPSA) is 52.6 Å². The molecule has 0 spiro atoms. The number of benzene rings is 1. The average molecular weight is 330 g/mol. The van der Waals surface area contributed by atoms with Crippen LogP contribution in [0.1, 0.15) is 57.4 Å². The quantitative estimate of drug-likeness (QED) is 0.896. The van der Waals surface area contributed by atoms with Gasteiger partial charge in [0.15, 0.2) is 0 Å². The molecule has 1 aliphatic carbocycles. The van der Waals surface area contributed by atoms with Gasteiger partial charge >= 0.3 is 0 Å². The highest BCUT2D eigenvalue weighted by Crippen LogP contribution is 2.41. The lowest BCUT2D eigenvalue weighted by molar-refractivity contribution is -0.143. The summed E-state index contributed by atoms with van der Waals surface area (Å²) in [4.78, 5) is 15.4. The minimum absolute atomic E-state index is 0.0887. The van der Waals surface area contributed by atoms with Gasteiger partial charge < -0.3 is 15.3 Å². The Kier molecular flexibility index (Phi) is 5.26. The molecular formula is C20H30N2O2. The molecule has 1 aromatic rings. The second kappa shape index (κ2) is 7.24. The first-order valence-corrected chi connectivity index (χ1v) is 9.32.